The Morgan fingerprint density at radius 1 is 1.06 bits per heavy atom. The Bertz CT molecular complexity index is 1090. The third-order valence-electron chi connectivity index (χ3n) is 6.80. The molecule has 3 heterocycles. The van der Waals surface area contributed by atoms with E-state index < -0.39 is 0 Å². The van der Waals surface area contributed by atoms with E-state index in [0.29, 0.717) is 11.8 Å². The van der Waals surface area contributed by atoms with Gasteiger partial charge in [0.05, 0.1) is 18.5 Å². The fraction of sp³-hybridized carbons (Fsp3) is 0.407. The van der Waals surface area contributed by atoms with Gasteiger partial charge in [-0.05, 0) is 56.0 Å². The smallest absolute Gasteiger partial charge is 0.222 e. The summed E-state index contributed by atoms with van der Waals surface area (Å²) in [7, 11) is 1.70. The number of aromatic nitrogens is 2. The number of carbonyl (C=O) groups excluding carboxylic acids is 1. The van der Waals surface area contributed by atoms with Gasteiger partial charge >= 0.3 is 0 Å². The lowest BCUT2D eigenvalue weighted by Crippen LogP contribution is -2.41. The van der Waals surface area contributed by atoms with Crippen LogP contribution in [0.15, 0.2) is 60.8 Å². The van der Waals surface area contributed by atoms with Gasteiger partial charge in [0.25, 0.3) is 0 Å². The molecule has 0 unspecified atom stereocenters. The fourth-order valence-corrected chi connectivity index (χ4v) is 5.15. The highest BCUT2D eigenvalue weighted by Gasteiger charge is 2.27. The predicted octanol–water partition coefficient (Wildman–Crippen LogP) is 4.38. The third kappa shape index (κ3) is 4.96. The molecule has 2 fully saturated rings. The molecule has 2 aromatic carbocycles. The second kappa shape index (κ2) is 9.79. The highest BCUT2D eigenvalue weighted by atomic mass is 16.5. The largest absolute Gasteiger partial charge is 0.497 e. The number of hydrogen-bond donors (Lipinski definition) is 0. The number of ether oxygens (including phenoxy) is 1. The number of piperidine rings is 1. The molecule has 33 heavy (non-hydrogen) atoms. The van der Waals surface area contributed by atoms with Crippen molar-refractivity contribution in [3.63, 3.8) is 0 Å². The minimum Gasteiger partial charge on any atom is -0.497 e. The van der Waals surface area contributed by atoms with Gasteiger partial charge < -0.3 is 9.64 Å². The first-order valence-corrected chi connectivity index (χ1v) is 12.0. The quantitative estimate of drug-likeness (QED) is 0.543. The van der Waals surface area contributed by atoms with Crippen molar-refractivity contribution in [1.29, 1.82) is 0 Å². The van der Waals surface area contributed by atoms with Gasteiger partial charge in [-0.1, -0.05) is 30.3 Å². The monoisotopic (exact) mass is 444 g/mol. The minimum atomic E-state index is 0.330. The highest BCUT2D eigenvalue weighted by Crippen LogP contribution is 2.29. The normalized spacial score (nSPS) is 19.2. The predicted molar refractivity (Wildman–Crippen MR) is 129 cm³/mol. The summed E-state index contributed by atoms with van der Waals surface area (Å²) in [5.41, 5.74) is 4.33. The molecule has 1 atom stereocenters. The molecular formula is C27H32N4O2. The molecule has 1 amide bonds. The van der Waals surface area contributed by atoms with E-state index in [1.54, 1.807) is 7.11 Å². The number of benzene rings is 2. The van der Waals surface area contributed by atoms with Crippen molar-refractivity contribution in [2.45, 2.75) is 32.2 Å². The summed E-state index contributed by atoms with van der Waals surface area (Å²) in [5.74, 6) is 1.71. The molecule has 1 aromatic heterocycles. The molecule has 2 saturated heterocycles. The SMILES string of the molecule is COc1cccc(-c2nn(-c3ccccc3)cc2CN2CCC[C@@H](CN3CCCC3=O)C2)c1. The van der Waals surface area contributed by atoms with Crippen LogP contribution in [0.2, 0.25) is 0 Å². The average molecular weight is 445 g/mol. The van der Waals surface area contributed by atoms with Gasteiger partial charge in [-0.15, -0.1) is 0 Å². The molecular weight excluding hydrogens is 412 g/mol. The Kier molecular flexibility index (Phi) is 6.44. The maximum atomic E-state index is 12.1. The molecule has 0 aliphatic carbocycles. The fourth-order valence-electron chi connectivity index (χ4n) is 5.15. The standard InChI is InChI=1S/C27H32N4O2/c1-33-25-12-5-9-22(16-25)27-23(20-31(28-27)24-10-3-2-4-11-24)19-29-14-6-8-21(17-29)18-30-15-7-13-26(30)32/h2-5,9-12,16,20-21H,6-8,13-15,17-19H2,1H3/t21-/m1/s1. The van der Waals surface area contributed by atoms with Crippen LogP contribution >= 0.6 is 0 Å². The first kappa shape index (κ1) is 21.7. The van der Waals surface area contributed by atoms with E-state index in [0.717, 1.165) is 68.3 Å². The van der Waals surface area contributed by atoms with E-state index in [4.69, 9.17) is 9.84 Å². The summed E-state index contributed by atoms with van der Waals surface area (Å²) in [5, 5.41) is 4.99. The zero-order valence-corrected chi connectivity index (χ0v) is 19.3. The van der Waals surface area contributed by atoms with Gasteiger partial charge in [0.1, 0.15) is 5.75 Å². The van der Waals surface area contributed by atoms with Gasteiger partial charge in [0, 0.05) is 49.9 Å². The molecule has 0 saturated carbocycles. The Labute approximate surface area is 195 Å². The molecule has 0 spiro atoms. The van der Waals surface area contributed by atoms with Crippen LogP contribution in [0.3, 0.4) is 0 Å². The zero-order valence-electron chi connectivity index (χ0n) is 19.3. The Balaban J connectivity index is 1.39. The maximum Gasteiger partial charge on any atom is 0.222 e. The summed E-state index contributed by atoms with van der Waals surface area (Å²) in [6.45, 7) is 4.79. The first-order chi connectivity index (χ1) is 16.2. The van der Waals surface area contributed by atoms with E-state index in [9.17, 15) is 4.79 Å². The van der Waals surface area contributed by atoms with Crippen LogP contribution in [0.5, 0.6) is 5.75 Å². The van der Waals surface area contributed by atoms with Gasteiger partial charge in [0.15, 0.2) is 0 Å². The molecule has 2 aliphatic heterocycles. The van der Waals surface area contributed by atoms with E-state index in [1.165, 1.54) is 18.4 Å². The number of para-hydroxylation sites is 1. The van der Waals surface area contributed by atoms with Crippen LogP contribution in [0.25, 0.3) is 16.9 Å². The van der Waals surface area contributed by atoms with E-state index in [1.807, 2.05) is 35.0 Å². The third-order valence-corrected chi connectivity index (χ3v) is 6.80. The molecule has 0 radical (unpaired) electrons. The van der Waals surface area contributed by atoms with Crippen molar-refractivity contribution in [3.8, 4) is 22.7 Å². The van der Waals surface area contributed by atoms with Crippen LogP contribution in [0.1, 0.15) is 31.2 Å². The Morgan fingerprint density at radius 2 is 1.94 bits per heavy atom. The summed E-state index contributed by atoms with van der Waals surface area (Å²) < 4.78 is 7.45. The van der Waals surface area contributed by atoms with Crippen molar-refractivity contribution in [2.75, 3.05) is 33.3 Å². The lowest BCUT2D eigenvalue weighted by molar-refractivity contribution is -0.128. The van der Waals surface area contributed by atoms with Gasteiger partial charge in [-0.2, -0.15) is 5.10 Å². The number of carbonyl (C=O) groups is 1. The molecule has 0 bridgehead atoms. The van der Waals surface area contributed by atoms with Crippen molar-refractivity contribution in [1.82, 2.24) is 19.6 Å². The topological polar surface area (TPSA) is 50.6 Å². The summed E-state index contributed by atoms with van der Waals surface area (Å²) in [6.07, 6.45) is 6.27. The second-order valence-corrected chi connectivity index (χ2v) is 9.20. The van der Waals surface area contributed by atoms with Crippen LogP contribution in [0.4, 0.5) is 0 Å². The molecule has 6 nitrogen and oxygen atoms in total. The number of amides is 1. The highest BCUT2D eigenvalue weighted by molar-refractivity contribution is 5.78. The van der Waals surface area contributed by atoms with Crippen molar-refractivity contribution in [2.24, 2.45) is 5.92 Å². The number of likely N-dealkylation sites (tertiary alicyclic amines) is 2. The average Bonchev–Trinajstić information content (AvgIpc) is 3.46. The summed E-state index contributed by atoms with van der Waals surface area (Å²) in [6, 6.07) is 18.4. The lowest BCUT2D eigenvalue weighted by Gasteiger charge is -2.34. The van der Waals surface area contributed by atoms with E-state index in [-0.39, 0.29) is 0 Å². The molecule has 3 aromatic rings. The number of hydrogen-bond acceptors (Lipinski definition) is 4. The van der Waals surface area contributed by atoms with Crippen LogP contribution in [-0.2, 0) is 11.3 Å². The van der Waals surface area contributed by atoms with Crippen LogP contribution in [0, 0.1) is 5.92 Å². The van der Waals surface area contributed by atoms with Crippen LogP contribution in [-0.4, -0.2) is 58.8 Å². The minimum absolute atomic E-state index is 0.330. The van der Waals surface area contributed by atoms with E-state index >= 15 is 0 Å². The number of nitrogens with zero attached hydrogens (tertiary/aromatic N) is 4. The Hall–Kier alpha value is -3.12. The molecule has 6 heteroatoms. The molecule has 2 aliphatic rings. The molecule has 172 valence electrons. The summed E-state index contributed by atoms with van der Waals surface area (Å²) >= 11 is 0. The van der Waals surface area contributed by atoms with Gasteiger partial charge in [-0.3, -0.25) is 9.69 Å². The van der Waals surface area contributed by atoms with Crippen molar-refractivity contribution in [3.05, 3.63) is 66.4 Å². The zero-order chi connectivity index (χ0) is 22.6. The Morgan fingerprint density at radius 3 is 2.73 bits per heavy atom. The van der Waals surface area contributed by atoms with Crippen molar-refractivity contribution < 1.29 is 9.53 Å². The van der Waals surface area contributed by atoms with Gasteiger partial charge in [0.2, 0.25) is 5.91 Å². The van der Waals surface area contributed by atoms with Crippen molar-refractivity contribution >= 4 is 5.91 Å². The lowest BCUT2D eigenvalue weighted by atomic mass is 9.96. The second-order valence-electron chi connectivity index (χ2n) is 9.20. The summed E-state index contributed by atoms with van der Waals surface area (Å²) in [4.78, 5) is 16.7. The van der Waals surface area contributed by atoms with Gasteiger partial charge in [-0.25, -0.2) is 4.68 Å². The molecule has 5 rings (SSSR count). The first-order valence-electron chi connectivity index (χ1n) is 12.0. The number of rotatable bonds is 7. The van der Waals surface area contributed by atoms with Crippen LogP contribution < -0.4 is 4.74 Å². The van der Waals surface area contributed by atoms with E-state index in [2.05, 4.69) is 40.3 Å². The maximum absolute atomic E-state index is 12.1. The molecule has 0 N–H and O–H groups in total. The number of methoxy groups -OCH3 is 1.